The maximum absolute atomic E-state index is 11.6. The highest BCUT2D eigenvalue weighted by Crippen LogP contribution is 2.65. The molecule has 0 saturated heterocycles. The van der Waals surface area contributed by atoms with Gasteiger partial charge in [-0.15, -0.1) is 0 Å². The number of allylic oxidation sites excluding steroid dienone is 2. The van der Waals surface area contributed by atoms with E-state index in [0.717, 1.165) is 25.5 Å². The van der Waals surface area contributed by atoms with Gasteiger partial charge >= 0.3 is 0 Å². The number of nitrogen functional groups attached to an aromatic ring is 1. The maximum Gasteiger partial charge on any atom is 0.127 e. The van der Waals surface area contributed by atoms with Crippen LogP contribution < -0.4 is 5.73 Å². The van der Waals surface area contributed by atoms with E-state index in [-0.39, 0.29) is 5.92 Å². The minimum atomic E-state index is -0.291. The second-order valence-electron chi connectivity index (χ2n) is 6.91. The van der Waals surface area contributed by atoms with E-state index in [1.165, 1.54) is 18.5 Å². The molecule has 0 amide bonds. The van der Waals surface area contributed by atoms with Crippen molar-refractivity contribution in [1.82, 2.24) is 4.90 Å². The third-order valence-electron chi connectivity index (χ3n) is 5.41. The zero-order valence-corrected chi connectivity index (χ0v) is 15.0. The van der Waals surface area contributed by atoms with Gasteiger partial charge in [-0.05, 0) is 55.2 Å². The molecule has 2 unspecified atom stereocenters. The van der Waals surface area contributed by atoms with Crippen molar-refractivity contribution in [1.29, 1.82) is 0 Å². The number of benzene rings is 1. The smallest absolute Gasteiger partial charge is 0.127 e. The van der Waals surface area contributed by atoms with E-state index in [9.17, 15) is 4.79 Å². The summed E-state index contributed by atoms with van der Waals surface area (Å²) in [6, 6.07) is 3.39. The topological polar surface area (TPSA) is 46.3 Å². The Balaban J connectivity index is 1.76. The molecule has 5 heteroatoms. The zero-order valence-electron chi connectivity index (χ0n) is 13.5. The quantitative estimate of drug-likeness (QED) is 0.599. The number of anilines is 1. The summed E-state index contributed by atoms with van der Waals surface area (Å²) in [5, 5.41) is 0.977. The summed E-state index contributed by atoms with van der Waals surface area (Å²) in [4.78, 5) is 13.9. The van der Waals surface area contributed by atoms with E-state index in [0.29, 0.717) is 26.7 Å². The van der Waals surface area contributed by atoms with Gasteiger partial charge < -0.3 is 15.4 Å². The van der Waals surface area contributed by atoms with Crippen molar-refractivity contribution in [2.75, 3.05) is 19.8 Å². The van der Waals surface area contributed by atoms with Gasteiger partial charge in [-0.3, -0.25) is 0 Å². The van der Waals surface area contributed by atoms with Gasteiger partial charge in [-0.2, -0.15) is 0 Å². The van der Waals surface area contributed by atoms with Crippen LogP contribution in [0.15, 0.2) is 23.4 Å². The van der Waals surface area contributed by atoms with Crippen LogP contribution in [0.25, 0.3) is 0 Å². The van der Waals surface area contributed by atoms with E-state index in [2.05, 4.69) is 19.0 Å². The first kappa shape index (κ1) is 16.7. The van der Waals surface area contributed by atoms with Crippen molar-refractivity contribution in [3.05, 3.63) is 39.0 Å². The monoisotopic (exact) mass is 352 g/mol. The molecule has 0 radical (unpaired) electrons. The van der Waals surface area contributed by atoms with Crippen LogP contribution in [0.2, 0.25) is 10.0 Å². The molecule has 2 atom stereocenters. The molecule has 0 bridgehead atoms. The van der Waals surface area contributed by atoms with Crippen LogP contribution in [0.5, 0.6) is 0 Å². The first-order valence-electron chi connectivity index (χ1n) is 7.98. The summed E-state index contributed by atoms with van der Waals surface area (Å²) in [6.45, 7) is 0. The maximum atomic E-state index is 11.6. The highest BCUT2D eigenvalue weighted by atomic mass is 35.5. The van der Waals surface area contributed by atoms with Gasteiger partial charge in [-0.25, -0.2) is 0 Å². The predicted octanol–water partition coefficient (Wildman–Crippen LogP) is 4.64. The highest BCUT2D eigenvalue weighted by molar-refractivity contribution is 6.36. The van der Waals surface area contributed by atoms with Crippen LogP contribution in [0, 0.1) is 5.41 Å². The fourth-order valence-corrected chi connectivity index (χ4v) is 4.45. The standard InChI is InChI=1S/C18H22Cl2N2O/c1-22(2)15-6-8-18(9-12(15)18)7-5-11(10-23)16-13(19)3-4-14(20)17(16)21/h3-4,10-11H,5-9,21H2,1-2H3. The molecule has 0 aromatic heterocycles. The minimum absolute atomic E-state index is 0.291. The van der Waals surface area contributed by atoms with Gasteiger partial charge in [-0.1, -0.05) is 23.2 Å². The van der Waals surface area contributed by atoms with E-state index in [4.69, 9.17) is 28.9 Å². The average Bonchev–Trinajstić information content (AvgIpc) is 3.10. The Morgan fingerprint density at radius 3 is 2.61 bits per heavy atom. The number of carbonyl (C=O) groups is 1. The molecular weight excluding hydrogens is 331 g/mol. The normalized spacial score (nSPS) is 23.7. The van der Waals surface area contributed by atoms with Crippen molar-refractivity contribution < 1.29 is 4.79 Å². The highest BCUT2D eigenvalue weighted by Gasteiger charge is 2.53. The number of fused-ring (bicyclic) bond motifs is 1. The molecule has 124 valence electrons. The lowest BCUT2D eigenvalue weighted by molar-refractivity contribution is -0.109. The summed E-state index contributed by atoms with van der Waals surface area (Å²) in [7, 11) is 4.22. The molecule has 23 heavy (non-hydrogen) atoms. The Labute approximate surface area is 147 Å². The van der Waals surface area contributed by atoms with Crippen LogP contribution in [-0.2, 0) is 4.79 Å². The van der Waals surface area contributed by atoms with Crippen LogP contribution >= 0.6 is 23.2 Å². The number of rotatable bonds is 6. The molecule has 0 spiro atoms. The van der Waals surface area contributed by atoms with Crippen molar-refractivity contribution in [3.8, 4) is 0 Å². The number of aldehydes is 1. The lowest BCUT2D eigenvalue weighted by Crippen LogP contribution is -2.09. The largest absolute Gasteiger partial charge is 0.397 e. The van der Waals surface area contributed by atoms with Crippen molar-refractivity contribution in [3.63, 3.8) is 0 Å². The third-order valence-corrected chi connectivity index (χ3v) is 6.07. The molecule has 3 rings (SSSR count). The average molecular weight is 353 g/mol. The molecule has 1 aromatic carbocycles. The Morgan fingerprint density at radius 2 is 2.04 bits per heavy atom. The van der Waals surface area contributed by atoms with E-state index >= 15 is 0 Å². The van der Waals surface area contributed by atoms with Gasteiger partial charge in [0.2, 0.25) is 0 Å². The van der Waals surface area contributed by atoms with Crippen LogP contribution in [0.3, 0.4) is 0 Å². The summed E-state index contributed by atoms with van der Waals surface area (Å²) >= 11 is 12.4. The summed E-state index contributed by atoms with van der Waals surface area (Å²) < 4.78 is 0. The van der Waals surface area contributed by atoms with Crippen LogP contribution in [0.1, 0.15) is 43.6 Å². The first-order valence-corrected chi connectivity index (χ1v) is 8.74. The van der Waals surface area contributed by atoms with Gasteiger partial charge in [0.05, 0.1) is 10.7 Å². The zero-order chi connectivity index (χ0) is 16.8. The molecule has 2 N–H and O–H groups in total. The van der Waals surface area contributed by atoms with Gasteiger partial charge in [0, 0.05) is 36.3 Å². The molecule has 2 aliphatic carbocycles. The summed E-state index contributed by atoms with van der Waals surface area (Å²) in [6.07, 6.45) is 6.24. The number of hydrogen-bond acceptors (Lipinski definition) is 3. The van der Waals surface area contributed by atoms with Crippen LogP contribution in [0.4, 0.5) is 5.69 Å². The molecule has 1 fully saturated rings. The number of nitrogens with zero attached hydrogens (tertiary/aromatic N) is 1. The number of carbonyl (C=O) groups excluding carboxylic acids is 1. The van der Waals surface area contributed by atoms with E-state index in [1.807, 2.05) is 0 Å². The van der Waals surface area contributed by atoms with Crippen molar-refractivity contribution in [2.24, 2.45) is 5.41 Å². The molecular formula is C18H22Cl2N2O. The lowest BCUT2D eigenvalue weighted by Gasteiger charge is -2.18. The van der Waals surface area contributed by atoms with Gasteiger partial charge in [0.1, 0.15) is 6.29 Å². The lowest BCUT2D eigenvalue weighted by atomic mass is 9.88. The number of hydrogen-bond donors (Lipinski definition) is 1. The van der Waals surface area contributed by atoms with Crippen LogP contribution in [-0.4, -0.2) is 25.3 Å². The fraction of sp³-hybridized carbons (Fsp3) is 0.500. The van der Waals surface area contributed by atoms with Gasteiger partial charge in [0.25, 0.3) is 0 Å². The predicted molar refractivity (Wildman–Crippen MR) is 95.9 cm³/mol. The molecule has 1 saturated carbocycles. The summed E-state index contributed by atoms with van der Waals surface area (Å²) in [5.74, 6) is -0.291. The van der Waals surface area contributed by atoms with Gasteiger partial charge in [0.15, 0.2) is 0 Å². The Bertz CT molecular complexity index is 684. The number of nitrogens with two attached hydrogens (primary N) is 1. The van der Waals surface area contributed by atoms with E-state index in [1.54, 1.807) is 17.7 Å². The first-order chi connectivity index (χ1) is 10.9. The molecule has 0 aliphatic heterocycles. The minimum Gasteiger partial charge on any atom is -0.397 e. The Kier molecular flexibility index (Phi) is 4.37. The second kappa shape index (κ2) is 6.03. The molecule has 0 heterocycles. The number of halogens is 2. The van der Waals surface area contributed by atoms with E-state index < -0.39 is 0 Å². The molecule has 3 nitrogen and oxygen atoms in total. The third kappa shape index (κ3) is 2.85. The SMILES string of the molecule is CN(C)C1=C2CC2(CCC(C=O)c2c(Cl)ccc(Cl)c2N)CC1. The van der Waals surface area contributed by atoms with Crippen molar-refractivity contribution in [2.45, 2.75) is 38.0 Å². The fourth-order valence-electron chi connectivity index (χ4n) is 3.98. The molecule has 2 aliphatic rings. The Morgan fingerprint density at radius 1 is 1.35 bits per heavy atom. The van der Waals surface area contributed by atoms with Crippen molar-refractivity contribution >= 4 is 35.2 Å². The second-order valence-corrected chi connectivity index (χ2v) is 7.73. The summed E-state index contributed by atoms with van der Waals surface area (Å²) in [5.41, 5.74) is 10.6. The molecule has 1 aromatic rings. The Hall–Kier alpha value is -1.19.